The molecular formula is C44H60N2O7. The molecule has 0 radical (unpaired) electrons. The van der Waals surface area contributed by atoms with Crippen molar-refractivity contribution in [2.75, 3.05) is 0 Å². The van der Waals surface area contributed by atoms with Crippen LogP contribution in [0.1, 0.15) is 145 Å². The Bertz CT molecular complexity index is 1870. The number of carboxylic acids is 1. The molecule has 0 saturated heterocycles. The summed E-state index contributed by atoms with van der Waals surface area (Å²) in [5.74, 6) is 1.82. The second-order valence-electron chi connectivity index (χ2n) is 20.4. The van der Waals surface area contributed by atoms with Crippen molar-refractivity contribution in [2.45, 2.75) is 151 Å². The average molecular weight is 729 g/mol. The molecule has 9 heteroatoms. The number of esters is 1. The number of aliphatic carboxylic acids is 1. The van der Waals surface area contributed by atoms with Crippen molar-refractivity contribution in [3.63, 3.8) is 0 Å². The van der Waals surface area contributed by atoms with Crippen LogP contribution in [0.3, 0.4) is 0 Å². The number of Topliss-reactive ketones (excluding diaryl/α,β-unsaturated/α-hetero) is 1. The lowest BCUT2D eigenvalue weighted by Gasteiger charge is -2.75. The summed E-state index contributed by atoms with van der Waals surface area (Å²) >= 11 is 0. The van der Waals surface area contributed by atoms with Crippen molar-refractivity contribution < 1.29 is 33.1 Å². The summed E-state index contributed by atoms with van der Waals surface area (Å²) in [7, 11) is 0. The minimum absolute atomic E-state index is 0.0330. The van der Waals surface area contributed by atoms with Crippen LogP contribution in [-0.2, 0) is 24.5 Å². The highest BCUT2D eigenvalue weighted by Crippen LogP contribution is 2.83. The van der Waals surface area contributed by atoms with Gasteiger partial charge in [-0.3, -0.25) is 14.4 Å². The summed E-state index contributed by atoms with van der Waals surface area (Å²) in [6.45, 7) is 19.9. The molecule has 0 bridgehead atoms. The molecule has 288 valence electrons. The number of carbonyl (C=O) groups is 3. The van der Waals surface area contributed by atoms with Crippen LogP contribution < -0.4 is 0 Å². The van der Waals surface area contributed by atoms with Gasteiger partial charge in [-0.1, -0.05) is 48.5 Å². The lowest BCUT2D eigenvalue weighted by Crippen LogP contribution is -2.69. The van der Waals surface area contributed by atoms with Crippen LogP contribution in [0.15, 0.2) is 38.4 Å². The van der Waals surface area contributed by atoms with E-state index in [2.05, 4.69) is 53.6 Å². The number of ketones is 1. The molecule has 0 aromatic carbocycles. The first-order valence-corrected chi connectivity index (χ1v) is 20.4. The number of hydrogen-bond donors (Lipinski definition) is 1. The van der Waals surface area contributed by atoms with E-state index in [9.17, 15) is 19.5 Å². The molecule has 2 aromatic rings. The number of carboxylic acid groups (broad SMARTS) is 1. The largest absolute Gasteiger partial charge is 0.481 e. The fraction of sp³-hybridized carbons (Fsp3) is 0.750. The Morgan fingerprint density at radius 3 is 2.32 bits per heavy atom. The number of hydrogen-bond acceptors (Lipinski definition) is 8. The van der Waals surface area contributed by atoms with E-state index in [1.54, 1.807) is 20.1 Å². The zero-order valence-corrected chi connectivity index (χ0v) is 33.4. The lowest BCUT2D eigenvalue weighted by molar-refractivity contribution is -0.254. The minimum Gasteiger partial charge on any atom is -0.481 e. The summed E-state index contributed by atoms with van der Waals surface area (Å²) in [6.07, 6.45) is 11.9. The van der Waals surface area contributed by atoms with Crippen LogP contribution in [0.2, 0.25) is 0 Å². The number of fused-ring (bicyclic) bond motifs is 7. The van der Waals surface area contributed by atoms with E-state index >= 15 is 0 Å². The van der Waals surface area contributed by atoms with Gasteiger partial charge in [0.05, 0.1) is 23.5 Å². The SMILES string of the molecule is CC(C)C1=C2C(c3nnc(-c4ccco4)o3)(CCC3(C)C4(C)CCC5C(C)(C)C(OC(=O)CC(C)(C)C(=O)O)CCC5(C)C4CCC23C2CC2)CC1=O. The molecule has 8 atom stereocenters. The third-order valence-electron chi connectivity index (χ3n) is 16.9. The van der Waals surface area contributed by atoms with Crippen molar-refractivity contribution in [1.29, 1.82) is 0 Å². The van der Waals surface area contributed by atoms with Gasteiger partial charge in [-0.2, -0.15) is 0 Å². The van der Waals surface area contributed by atoms with Crippen LogP contribution in [0.5, 0.6) is 0 Å². The number of furan rings is 1. The normalized spacial score (nSPS) is 39.3. The molecule has 2 heterocycles. The van der Waals surface area contributed by atoms with Crippen molar-refractivity contribution in [3.05, 3.63) is 35.4 Å². The molecular weight excluding hydrogens is 668 g/mol. The lowest BCUT2D eigenvalue weighted by atomic mass is 9.29. The van der Waals surface area contributed by atoms with Crippen LogP contribution in [0.4, 0.5) is 0 Å². The van der Waals surface area contributed by atoms with Gasteiger partial charge in [-0.15, -0.1) is 10.2 Å². The molecule has 0 amide bonds. The third-order valence-corrected chi connectivity index (χ3v) is 16.9. The molecule has 9 nitrogen and oxygen atoms in total. The molecule has 5 saturated carbocycles. The first-order valence-electron chi connectivity index (χ1n) is 20.4. The van der Waals surface area contributed by atoms with Gasteiger partial charge in [0, 0.05) is 17.3 Å². The first kappa shape index (κ1) is 36.7. The third kappa shape index (κ3) is 4.82. The fourth-order valence-electron chi connectivity index (χ4n) is 14.2. The van der Waals surface area contributed by atoms with Gasteiger partial charge in [0.1, 0.15) is 6.10 Å². The molecule has 2 aromatic heterocycles. The number of carbonyl (C=O) groups excluding carboxylic acids is 2. The van der Waals surface area contributed by atoms with E-state index < -0.39 is 22.8 Å². The highest BCUT2D eigenvalue weighted by Gasteiger charge is 2.77. The van der Waals surface area contributed by atoms with Crippen molar-refractivity contribution in [1.82, 2.24) is 10.2 Å². The molecule has 0 aliphatic heterocycles. The fourth-order valence-corrected chi connectivity index (χ4v) is 14.2. The number of allylic oxidation sites excluding steroid dienone is 2. The van der Waals surface area contributed by atoms with Crippen LogP contribution in [0, 0.1) is 56.2 Å². The second-order valence-corrected chi connectivity index (χ2v) is 20.4. The minimum atomic E-state index is -1.17. The maximum absolute atomic E-state index is 14.4. The number of ether oxygens (including phenoxy) is 1. The molecule has 1 N–H and O–H groups in total. The summed E-state index contributed by atoms with van der Waals surface area (Å²) in [5.41, 5.74) is 0.273. The number of rotatable bonds is 8. The van der Waals surface area contributed by atoms with E-state index in [4.69, 9.17) is 18.7 Å². The van der Waals surface area contributed by atoms with Crippen LogP contribution in [0.25, 0.3) is 11.7 Å². The monoisotopic (exact) mass is 728 g/mol. The molecule has 6 aliphatic rings. The quantitative estimate of drug-likeness (QED) is 0.264. The van der Waals surface area contributed by atoms with E-state index in [1.807, 2.05) is 12.1 Å². The highest BCUT2D eigenvalue weighted by atomic mass is 16.5. The van der Waals surface area contributed by atoms with E-state index in [-0.39, 0.29) is 51.3 Å². The Kier molecular flexibility index (Phi) is 8.07. The van der Waals surface area contributed by atoms with Gasteiger partial charge in [-0.05, 0) is 141 Å². The van der Waals surface area contributed by atoms with Crippen LogP contribution >= 0.6 is 0 Å². The maximum Gasteiger partial charge on any atom is 0.309 e. The molecule has 8 rings (SSSR count). The molecule has 0 spiro atoms. The van der Waals surface area contributed by atoms with E-state index in [0.717, 1.165) is 56.9 Å². The van der Waals surface area contributed by atoms with E-state index in [1.165, 1.54) is 18.4 Å². The smallest absolute Gasteiger partial charge is 0.309 e. The Balaban J connectivity index is 1.17. The summed E-state index contributed by atoms with van der Waals surface area (Å²) in [5, 5.41) is 18.9. The van der Waals surface area contributed by atoms with Gasteiger partial charge in [0.25, 0.3) is 5.89 Å². The number of nitrogens with zero attached hydrogens (tertiary/aromatic N) is 2. The first-order chi connectivity index (χ1) is 24.8. The Labute approximate surface area is 314 Å². The van der Waals surface area contributed by atoms with Crippen molar-refractivity contribution in [2.24, 2.45) is 56.2 Å². The zero-order valence-electron chi connectivity index (χ0n) is 33.4. The molecule has 6 aliphatic carbocycles. The highest BCUT2D eigenvalue weighted by molar-refractivity contribution is 6.02. The Hall–Kier alpha value is -3.23. The summed E-state index contributed by atoms with van der Waals surface area (Å²) in [4.78, 5) is 39.4. The Morgan fingerprint density at radius 1 is 0.962 bits per heavy atom. The predicted molar refractivity (Wildman–Crippen MR) is 198 cm³/mol. The maximum atomic E-state index is 14.4. The molecule has 8 unspecified atom stereocenters. The standard InChI is InChI=1S/C44H60N2O7/c1-25(2)33-27(47)23-43(36-46-45-35(53-36)28-11-10-22-51-28)21-20-42(9)41(8)18-14-29-39(5,6)31(52-32(48)24-38(3,4)37(49)50)16-17-40(29,7)30(41)15-19-44(42,34(33)43)26-12-13-26/h10-11,22,25-26,29-31H,12-21,23-24H2,1-9H3,(H,49,50). The van der Waals surface area contributed by atoms with Crippen molar-refractivity contribution in [3.8, 4) is 11.7 Å². The average Bonchev–Trinajstić information content (AvgIpc) is 3.43. The summed E-state index contributed by atoms with van der Waals surface area (Å²) < 4.78 is 18.4. The second kappa shape index (κ2) is 11.6. The topological polar surface area (TPSA) is 133 Å². The van der Waals surface area contributed by atoms with Gasteiger partial charge in [0.15, 0.2) is 11.5 Å². The van der Waals surface area contributed by atoms with Crippen molar-refractivity contribution >= 4 is 17.7 Å². The molecule has 5 fully saturated rings. The summed E-state index contributed by atoms with van der Waals surface area (Å²) in [6, 6.07) is 3.66. The Morgan fingerprint density at radius 2 is 1.68 bits per heavy atom. The van der Waals surface area contributed by atoms with Crippen LogP contribution in [-0.4, -0.2) is 39.1 Å². The van der Waals surface area contributed by atoms with Gasteiger partial charge >= 0.3 is 11.9 Å². The number of aromatic nitrogens is 2. The van der Waals surface area contributed by atoms with E-state index in [0.29, 0.717) is 41.7 Å². The zero-order chi connectivity index (χ0) is 38.1. The predicted octanol–water partition coefficient (Wildman–Crippen LogP) is 9.75. The van der Waals surface area contributed by atoms with Gasteiger partial charge in [-0.25, -0.2) is 0 Å². The molecule has 53 heavy (non-hydrogen) atoms. The van der Waals surface area contributed by atoms with Gasteiger partial charge in [0.2, 0.25) is 5.89 Å². The van der Waals surface area contributed by atoms with Gasteiger partial charge < -0.3 is 18.7 Å².